The molecule has 0 heterocycles. The van der Waals surface area contributed by atoms with Crippen LogP contribution in [0.1, 0.15) is 11.1 Å². The molecule has 0 fully saturated rings. The van der Waals surface area contributed by atoms with Gasteiger partial charge < -0.3 is 29.9 Å². The van der Waals surface area contributed by atoms with E-state index in [4.69, 9.17) is 14.6 Å². The van der Waals surface area contributed by atoms with E-state index in [1.165, 1.54) is 0 Å². The van der Waals surface area contributed by atoms with E-state index in [1.54, 1.807) is 0 Å². The van der Waals surface area contributed by atoms with Crippen molar-refractivity contribution in [2.75, 3.05) is 13.2 Å². The highest BCUT2D eigenvalue weighted by molar-refractivity contribution is 5.14. The first kappa shape index (κ1) is 20.5. The van der Waals surface area contributed by atoms with Crippen LogP contribution in [0.15, 0.2) is 60.7 Å². The van der Waals surface area contributed by atoms with E-state index in [2.05, 4.69) is 0 Å². The Kier molecular flexibility index (Phi) is 8.70. The van der Waals surface area contributed by atoms with Gasteiger partial charge in [0, 0.05) is 0 Å². The zero-order valence-corrected chi connectivity index (χ0v) is 14.5. The molecule has 0 aliphatic rings. The normalized spacial score (nSPS) is 16.0. The highest BCUT2D eigenvalue weighted by atomic mass is 16.5. The van der Waals surface area contributed by atoms with Gasteiger partial charge in [-0.1, -0.05) is 60.7 Å². The average Bonchev–Trinajstić information content (AvgIpc) is 2.70. The van der Waals surface area contributed by atoms with Crippen molar-refractivity contribution in [2.24, 2.45) is 0 Å². The number of aliphatic hydroxyl groups is 4. The summed E-state index contributed by atoms with van der Waals surface area (Å²) in [5.41, 5.74) is 1.88. The average molecular weight is 362 g/mol. The second-order valence-electron chi connectivity index (χ2n) is 6.07. The third-order valence-corrected chi connectivity index (χ3v) is 4.01. The first-order chi connectivity index (χ1) is 12.6. The Balaban J connectivity index is 1.95. The molecule has 4 atom stereocenters. The summed E-state index contributed by atoms with van der Waals surface area (Å²) in [5.74, 6) is 0. The molecule has 2 aromatic carbocycles. The summed E-state index contributed by atoms with van der Waals surface area (Å²) in [5, 5.41) is 38.9. The number of hydrogen-bond donors (Lipinski definition) is 4. The van der Waals surface area contributed by atoms with Gasteiger partial charge in [0.15, 0.2) is 0 Å². The lowest BCUT2D eigenvalue weighted by Gasteiger charge is -2.29. The van der Waals surface area contributed by atoms with Crippen LogP contribution in [0.5, 0.6) is 0 Å². The van der Waals surface area contributed by atoms with Crippen molar-refractivity contribution >= 4 is 0 Å². The summed E-state index contributed by atoms with van der Waals surface area (Å²) in [6, 6.07) is 18.9. The lowest BCUT2D eigenvalue weighted by molar-refractivity contribution is -0.151. The second-order valence-corrected chi connectivity index (χ2v) is 6.07. The van der Waals surface area contributed by atoms with Crippen LogP contribution in [0, 0.1) is 0 Å². The summed E-state index contributed by atoms with van der Waals surface area (Å²) in [7, 11) is 0. The molecule has 0 aromatic heterocycles. The van der Waals surface area contributed by atoms with Crippen molar-refractivity contribution in [3.8, 4) is 0 Å². The zero-order valence-electron chi connectivity index (χ0n) is 14.5. The summed E-state index contributed by atoms with van der Waals surface area (Å²) >= 11 is 0. The van der Waals surface area contributed by atoms with E-state index in [-0.39, 0.29) is 13.2 Å². The van der Waals surface area contributed by atoms with Gasteiger partial charge in [0.2, 0.25) is 0 Å². The number of aliphatic hydroxyl groups excluding tert-OH is 4. The summed E-state index contributed by atoms with van der Waals surface area (Å²) in [6.07, 6.45) is -5.27. The van der Waals surface area contributed by atoms with Gasteiger partial charge in [0.1, 0.15) is 24.4 Å². The lowest BCUT2D eigenvalue weighted by atomic mass is 10.0. The van der Waals surface area contributed by atoms with E-state index in [9.17, 15) is 15.3 Å². The monoisotopic (exact) mass is 362 g/mol. The number of rotatable bonds is 11. The smallest absolute Gasteiger partial charge is 0.111 e. The van der Waals surface area contributed by atoms with Crippen molar-refractivity contribution in [3.05, 3.63) is 71.8 Å². The SMILES string of the molecule is OC[C@@H](O)[C@@H](O)[C@H](O)[C@@H](COCc1ccccc1)OCc1ccccc1. The molecule has 4 N–H and O–H groups in total. The van der Waals surface area contributed by atoms with Gasteiger partial charge >= 0.3 is 0 Å². The molecule has 6 nitrogen and oxygen atoms in total. The molecule has 0 radical (unpaired) electrons. The third-order valence-electron chi connectivity index (χ3n) is 4.01. The van der Waals surface area contributed by atoms with Gasteiger partial charge in [-0.3, -0.25) is 0 Å². The Morgan fingerprint density at radius 1 is 0.731 bits per heavy atom. The number of benzene rings is 2. The maximum absolute atomic E-state index is 10.3. The molecule has 0 aliphatic carbocycles. The predicted molar refractivity (Wildman–Crippen MR) is 96.2 cm³/mol. The molecule has 0 bridgehead atoms. The fraction of sp³-hybridized carbons (Fsp3) is 0.400. The highest BCUT2D eigenvalue weighted by Crippen LogP contribution is 2.13. The molecule has 0 amide bonds. The van der Waals surface area contributed by atoms with E-state index >= 15 is 0 Å². The molecule has 0 unspecified atom stereocenters. The minimum atomic E-state index is -1.54. The molecular formula is C20H26O6. The van der Waals surface area contributed by atoms with Crippen LogP contribution in [-0.4, -0.2) is 58.1 Å². The Bertz CT molecular complexity index is 606. The standard InChI is InChI=1S/C20H26O6/c21-11-17(22)19(23)20(24)18(26-13-16-9-5-2-6-10-16)14-25-12-15-7-3-1-4-8-15/h1-10,17-24H,11-14H2/t17-,18-,19-,20-/m1/s1. The van der Waals surface area contributed by atoms with Crippen LogP contribution >= 0.6 is 0 Å². The molecule has 0 aliphatic heterocycles. The Labute approximate surface area is 153 Å². The van der Waals surface area contributed by atoms with Crippen LogP contribution in [0.4, 0.5) is 0 Å². The fourth-order valence-corrected chi connectivity index (χ4v) is 2.45. The van der Waals surface area contributed by atoms with Crippen LogP contribution in [0.25, 0.3) is 0 Å². The Morgan fingerprint density at radius 2 is 1.27 bits per heavy atom. The lowest BCUT2D eigenvalue weighted by Crippen LogP contribution is -2.48. The molecule has 0 saturated heterocycles. The van der Waals surface area contributed by atoms with Crippen LogP contribution < -0.4 is 0 Å². The summed E-state index contributed by atoms with van der Waals surface area (Å²) < 4.78 is 11.3. The molecule has 2 rings (SSSR count). The maximum atomic E-state index is 10.3. The van der Waals surface area contributed by atoms with E-state index < -0.39 is 31.0 Å². The topological polar surface area (TPSA) is 99.4 Å². The third kappa shape index (κ3) is 6.49. The molecule has 142 valence electrons. The molecule has 6 heteroatoms. The number of ether oxygens (including phenoxy) is 2. The van der Waals surface area contributed by atoms with E-state index in [0.29, 0.717) is 6.61 Å². The molecule has 0 saturated carbocycles. The van der Waals surface area contributed by atoms with Gasteiger partial charge in [0.25, 0.3) is 0 Å². The summed E-state index contributed by atoms with van der Waals surface area (Å²) in [4.78, 5) is 0. The second kappa shape index (κ2) is 11.0. The van der Waals surface area contributed by atoms with Gasteiger partial charge in [-0.2, -0.15) is 0 Å². The Morgan fingerprint density at radius 3 is 1.81 bits per heavy atom. The minimum absolute atomic E-state index is 0.0259. The Hall–Kier alpha value is -1.80. The molecule has 2 aromatic rings. The molecule has 26 heavy (non-hydrogen) atoms. The largest absolute Gasteiger partial charge is 0.394 e. The van der Waals surface area contributed by atoms with E-state index in [1.807, 2.05) is 60.7 Å². The van der Waals surface area contributed by atoms with Crippen LogP contribution in [-0.2, 0) is 22.7 Å². The van der Waals surface area contributed by atoms with Crippen LogP contribution in [0.2, 0.25) is 0 Å². The number of hydrogen-bond acceptors (Lipinski definition) is 6. The predicted octanol–water partition coefficient (Wildman–Crippen LogP) is 0.864. The van der Waals surface area contributed by atoms with Gasteiger partial charge in [-0.25, -0.2) is 0 Å². The van der Waals surface area contributed by atoms with Gasteiger partial charge in [-0.05, 0) is 11.1 Å². The van der Waals surface area contributed by atoms with Gasteiger partial charge in [-0.15, -0.1) is 0 Å². The minimum Gasteiger partial charge on any atom is -0.394 e. The maximum Gasteiger partial charge on any atom is 0.111 e. The van der Waals surface area contributed by atoms with Crippen molar-refractivity contribution in [1.29, 1.82) is 0 Å². The van der Waals surface area contributed by atoms with Crippen molar-refractivity contribution in [1.82, 2.24) is 0 Å². The fourth-order valence-electron chi connectivity index (χ4n) is 2.45. The first-order valence-electron chi connectivity index (χ1n) is 8.54. The molecule has 0 spiro atoms. The van der Waals surface area contributed by atoms with E-state index in [0.717, 1.165) is 11.1 Å². The van der Waals surface area contributed by atoms with Crippen LogP contribution in [0.3, 0.4) is 0 Å². The zero-order chi connectivity index (χ0) is 18.8. The first-order valence-corrected chi connectivity index (χ1v) is 8.54. The highest BCUT2D eigenvalue weighted by Gasteiger charge is 2.32. The van der Waals surface area contributed by atoms with Gasteiger partial charge in [0.05, 0.1) is 26.4 Å². The molecular weight excluding hydrogens is 336 g/mol. The van der Waals surface area contributed by atoms with Crippen molar-refractivity contribution < 1.29 is 29.9 Å². The summed E-state index contributed by atoms with van der Waals surface area (Å²) in [6.45, 7) is -0.0801. The van der Waals surface area contributed by atoms with Crippen molar-refractivity contribution in [3.63, 3.8) is 0 Å². The van der Waals surface area contributed by atoms with Crippen molar-refractivity contribution in [2.45, 2.75) is 37.6 Å². The quantitative estimate of drug-likeness (QED) is 0.473.